The minimum atomic E-state index is -3.76. The number of sulfonamides is 1. The summed E-state index contributed by atoms with van der Waals surface area (Å²) in [5, 5.41) is 2.44. The van der Waals surface area contributed by atoms with Crippen LogP contribution >= 0.6 is 15.9 Å². The van der Waals surface area contributed by atoms with Gasteiger partial charge in [0.15, 0.2) is 5.76 Å². The number of hydrogen-bond acceptors (Lipinski definition) is 5. The van der Waals surface area contributed by atoms with E-state index in [9.17, 15) is 13.2 Å². The van der Waals surface area contributed by atoms with E-state index in [0.29, 0.717) is 18.9 Å². The third-order valence-corrected chi connectivity index (χ3v) is 6.17. The fraction of sp³-hybridized carbons (Fsp3) is 0.312. The number of ether oxygens (including phenoxy) is 1. The van der Waals surface area contributed by atoms with E-state index >= 15 is 0 Å². The van der Waals surface area contributed by atoms with Crippen molar-refractivity contribution < 1.29 is 22.4 Å². The van der Waals surface area contributed by atoms with Crippen molar-refractivity contribution in [3.05, 3.63) is 46.1 Å². The van der Waals surface area contributed by atoms with Crippen LogP contribution in [-0.4, -0.2) is 44.9 Å². The van der Waals surface area contributed by atoms with Crippen molar-refractivity contribution in [1.82, 2.24) is 4.31 Å². The largest absolute Gasteiger partial charge is 0.438 e. The van der Waals surface area contributed by atoms with Gasteiger partial charge in [-0.15, -0.1) is 0 Å². The number of benzene rings is 1. The molecule has 0 aliphatic carbocycles. The third-order valence-electron chi connectivity index (χ3n) is 3.74. The zero-order valence-corrected chi connectivity index (χ0v) is 15.9. The highest BCUT2D eigenvalue weighted by molar-refractivity contribution is 9.10. The second-order valence-electron chi connectivity index (χ2n) is 5.57. The van der Waals surface area contributed by atoms with Crippen molar-refractivity contribution in [2.24, 2.45) is 0 Å². The van der Waals surface area contributed by atoms with Gasteiger partial charge in [-0.2, -0.15) is 4.31 Å². The first-order valence-corrected chi connectivity index (χ1v) is 9.86. The molecule has 0 atom stereocenters. The summed E-state index contributed by atoms with van der Waals surface area (Å²) >= 11 is 3.38. The fourth-order valence-corrected chi connectivity index (χ4v) is 4.31. The Hall–Kier alpha value is -1.68. The Bertz CT molecular complexity index is 888. The van der Waals surface area contributed by atoms with Crippen molar-refractivity contribution in [3.63, 3.8) is 0 Å². The zero-order chi connectivity index (χ0) is 18.0. The van der Waals surface area contributed by atoms with Crippen LogP contribution in [0.2, 0.25) is 0 Å². The Morgan fingerprint density at radius 1 is 1.20 bits per heavy atom. The monoisotopic (exact) mass is 428 g/mol. The molecular formula is C16H17BrN2O5S. The van der Waals surface area contributed by atoms with Gasteiger partial charge in [0.25, 0.3) is 15.9 Å². The van der Waals surface area contributed by atoms with Gasteiger partial charge >= 0.3 is 0 Å². The van der Waals surface area contributed by atoms with E-state index in [4.69, 9.17) is 9.15 Å². The third kappa shape index (κ3) is 3.95. The van der Waals surface area contributed by atoms with Gasteiger partial charge in [0.1, 0.15) is 0 Å². The quantitative estimate of drug-likeness (QED) is 0.808. The Balaban J connectivity index is 1.77. The van der Waals surface area contributed by atoms with E-state index in [1.165, 1.54) is 16.4 Å². The summed E-state index contributed by atoms with van der Waals surface area (Å²) in [6, 6.07) is 8.13. The minimum Gasteiger partial charge on any atom is -0.438 e. The van der Waals surface area contributed by atoms with E-state index in [0.717, 1.165) is 10.0 Å². The van der Waals surface area contributed by atoms with Gasteiger partial charge in [0.2, 0.25) is 5.09 Å². The van der Waals surface area contributed by atoms with Crippen molar-refractivity contribution in [3.8, 4) is 0 Å². The molecule has 2 heterocycles. The predicted molar refractivity (Wildman–Crippen MR) is 95.1 cm³/mol. The van der Waals surface area contributed by atoms with Crippen LogP contribution in [0.25, 0.3) is 0 Å². The molecule has 0 unspecified atom stereocenters. The molecular weight excluding hydrogens is 412 g/mol. The lowest BCUT2D eigenvalue weighted by Crippen LogP contribution is -2.40. The molecule has 3 rings (SSSR count). The Labute approximate surface area is 154 Å². The number of carbonyl (C=O) groups excluding carboxylic acids is 1. The van der Waals surface area contributed by atoms with Crippen LogP contribution in [0.4, 0.5) is 5.69 Å². The van der Waals surface area contributed by atoms with Crippen LogP contribution < -0.4 is 5.32 Å². The van der Waals surface area contributed by atoms with E-state index in [2.05, 4.69) is 21.2 Å². The molecule has 134 valence electrons. The fourth-order valence-electron chi connectivity index (χ4n) is 2.40. The van der Waals surface area contributed by atoms with Crippen molar-refractivity contribution >= 4 is 37.5 Å². The summed E-state index contributed by atoms with van der Waals surface area (Å²) in [5.41, 5.74) is 1.62. The Kier molecular flexibility index (Phi) is 5.28. The van der Waals surface area contributed by atoms with Crippen LogP contribution in [0, 0.1) is 6.92 Å². The lowest BCUT2D eigenvalue weighted by molar-refractivity contribution is 0.0723. The van der Waals surface area contributed by atoms with Crippen molar-refractivity contribution in [1.29, 1.82) is 0 Å². The number of aryl methyl sites for hydroxylation is 1. The molecule has 2 aromatic rings. The zero-order valence-electron chi connectivity index (χ0n) is 13.5. The summed E-state index contributed by atoms with van der Waals surface area (Å²) in [6.45, 7) is 3.15. The molecule has 1 aliphatic rings. The molecule has 7 nitrogen and oxygen atoms in total. The normalized spacial score (nSPS) is 15.9. The summed E-state index contributed by atoms with van der Waals surface area (Å²) in [6.07, 6.45) is 0. The molecule has 1 aromatic carbocycles. The molecule has 1 aliphatic heterocycles. The molecule has 1 aromatic heterocycles. The molecule has 1 fully saturated rings. The van der Waals surface area contributed by atoms with E-state index < -0.39 is 15.9 Å². The highest BCUT2D eigenvalue weighted by atomic mass is 79.9. The summed E-state index contributed by atoms with van der Waals surface area (Å²) in [5.74, 6) is -0.590. The maximum Gasteiger partial charge on any atom is 0.291 e. The lowest BCUT2D eigenvalue weighted by Gasteiger charge is -2.24. The number of nitrogens with zero attached hydrogens (tertiary/aromatic N) is 1. The molecule has 1 saturated heterocycles. The Morgan fingerprint density at radius 3 is 2.60 bits per heavy atom. The second-order valence-corrected chi connectivity index (χ2v) is 8.30. The standard InChI is InChI=1S/C16H17BrN2O5S/c1-11-2-3-13(12(17)10-11)18-16(20)14-4-5-15(24-14)25(21,22)19-6-8-23-9-7-19/h2-5,10H,6-9H2,1H3,(H,18,20). The van der Waals surface area contributed by atoms with Crippen LogP contribution in [0.15, 0.2) is 44.3 Å². The number of amides is 1. The van der Waals surface area contributed by atoms with Gasteiger partial charge in [-0.1, -0.05) is 6.07 Å². The van der Waals surface area contributed by atoms with Gasteiger partial charge in [-0.25, -0.2) is 8.42 Å². The number of hydrogen-bond donors (Lipinski definition) is 1. The maximum atomic E-state index is 12.5. The molecule has 0 bridgehead atoms. The molecule has 1 N–H and O–H groups in total. The lowest BCUT2D eigenvalue weighted by atomic mass is 10.2. The van der Waals surface area contributed by atoms with Crippen molar-refractivity contribution in [2.75, 3.05) is 31.6 Å². The highest BCUT2D eigenvalue weighted by Crippen LogP contribution is 2.25. The minimum absolute atomic E-state index is 0.0701. The molecule has 1 amide bonds. The molecule has 9 heteroatoms. The number of rotatable bonds is 4. The molecule has 0 spiro atoms. The second kappa shape index (κ2) is 7.28. The first-order chi connectivity index (χ1) is 11.9. The SMILES string of the molecule is Cc1ccc(NC(=O)c2ccc(S(=O)(=O)N3CCOCC3)o2)c(Br)c1. The smallest absolute Gasteiger partial charge is 0.291 e. The summed E-state index contributed by atoms with van der Waals surface area (Å²) < 4.78 is 37.5. The van der Waals surface area contributed by atoms with E-state index in [1.54, 1.807) is 6.07 Å². The number of carbonyl (C=O) groups is 1. The first kappa shape index (κ1) is 18.1. The van der Waals surface area contributed by atoms with Gasteiger partial charge in [0, 0.05) is 17.6 Å². The van der Waals surface area contributed by atoms with Gasteiger partial charge in [-0.3, -0.25) is 4.79 Å². The number of anilines is 1. The first-order valence-electron chi connectivity index (χ1n) is 7.63. The van der Waals surface area contributed by atoms with Crippen molar-refractivity contribution in [2.45, 2.75) is 12.0 Å². The summed E-state index contributed by atoms with van der Waals surface area (Å²) in [4.78, 5) is 12.3. The average Bonchev–Trinajstić information content (AvgIpc) is 3.09. The van der Waals surface area contributed by atoms with Crippen LogP contribution in [0.5, 0.6) is 0 Å². The van der Waals surface area contributed by atoms with E-state index in [-0.39, 0.29) is 23.9 Å². The van der Waals surface area contributed by atoms with Gasteiger partial charge < -0.3 is 14.5 Å². The van der Waals surface area contributed by atoms with Crippen LogP contribution in [0.3, 0.4) is 0 Å². The summed E-state index contributed by atoms with van der Waals surface area (Å²) in [7, 11) is -3.76. The Morgan fingerprint density at radius 2 is 1.92 bits per heavy atom. The molecule has 0 saturated carbocycles. The average molecular weight is 429 g/mol. The van der Waals surface area contributed by atoms with Crippen LogP contribution in [-0.2, 0) is 14.8 Å². The highest BCUT2D eigenvalue weighted by Gasteiger charge is 2.30. The number of morpholine rings is 1. The van der Waals surface area contributed by atoms with E-state index in [1.807, 2.05) is 19.1 Å². The topological polar surface area (TPSA) is 88.9 Å². The van der Waals surface area contributed by atoms with Gasteiger partial charge in [-0.05, 0) is 52.7 Å². The van der Waals surface area contributed by atoms with Gasteiger partial charge in [0.05, 0.1) is 18.9 Å². The number of nitrogens with one attached hydrogen (secondary N) is 1. The van der Waals surface area contributed by atoms with Crippen LogP contribution in [0.1, 0.15) is 16.1 Å². The molecule has 25 heavy (non-hydrogen) atoms. The molecule has 0 radical (unpaired) electrons. The number of halogens is 1. The number of furan rings is 1. The maximum absolute atomic E-state index is 12.5. The predicted octanol–water partition coefficient (Wildman–Crippen LogP) is 2.62.